The summed E-state index contributed by atoms with van der Waals surface area (Å²) >= 11 is 0. The van der Waals surface area contributed by atoms with Crippen LogP contribution in [0.3, 0.4) is 0 Å². The summed E-state index contributed by atoms with van der Waals surface area (Å²) in [7, 11) is -2.91. The van der Waals surface area contributed by atoms with Crippen molar-refractivity contribution in [3.63, 3.8) is 0 Å². The fraction of sp³-hybridized carbons (Fsp3) is 0.700. The highest BCUT2D eigenvalue weighted by molar-refractivity contribution is 7.91. The molecule has 1 aromatic heterocycles. The largest absolute Gasteiger partial charge is 0.326 e. The molecule has 6 heteroatoms. The summed E-state index contributed by atoms with van der Waals surface area (Å²) in [5, 5.41) is 4.28. The van der Waals surface area contributed by atoms with Gasteiger partial charge < -0.3 is 5.73 Å². The molecule has 2 rings (SSSR count). The Balaban J connectivity index is 2.41. The average molecular weight is 243 g/mol. The summed E-state index contributed by atoms with van der Waals surface area (Å²) in [5.74, 6) is 0.424. The quantitative estimate of drug-likeness (QED) is 0.804. The van der Waals surface area contributed by atoms with Crippen molar-refractivity contribution in [1.82, 2.24) is 9.78 Å². The number of rotatable bonds is 2. The molecule has 0 bridgehead atoms. The van der Waals surface area contributed by atoms with Crippen molar-refractivity contribution >= 4 is 9.84 Å². The van der Waals surface area contributed by atoms with E-state index in [1.165, 1.54) is 0 Å². The molecule has 1 saturated heterocycles. The third-order valence-electron chi connectivity index (χ3n) is 3.33. The monoisotopic (exact) mass is 243 g/mol. The second-order valence-corrected chi connectivity index (χ2v) is 6.89. The van der Waals surface area contributed by atoms with E-state index in [0.29, 0.717) is 13.0 Å². The van der Waals surface area contributed by atoms with Gasteiger partial charge in [-0.15, -0.1) is 0 Å². The van der Waals surface area contributed by atoms with Crippen molar-refractivity contribution in [1.29, 1.82) is 0 Å². The number of hydrogen-bond acceptors (Lipinski definition) is 4. The Bertz CT molecular complexity index is 506. The molecule has 1 unspecified atom stereocenters. The van der Waals surface area contributed by atoms with Crippen LogP contribution in [0.5, 0.6) is 0 Å². The van der Waals surface area contributed by atoms with E-state index in [1.807, 2.05) is 18.5 Å². The zero-order valence-corrected chi connectivity index (χ0v) is 10.4. The molecule has 0 aliphatic carbocycles. The molecule has 0 spiro atoms. The maximum Gasteiger partial charge on any atom is 0.152 e. The smallest absolute Gasteiger partial charge is 0.152 e. The van der Waals surface area contributed by atoms with Gasteiger partial charge in [-0.25, -0.2) is 8.42 Å². The summed E-state index contributed by atoms with van der Waals surface area (Å²) in [6.07, 6.45) is 2.35. The van der Waals surface area contributed by atoms with Crippen molar-refractivity contribution in [2.24, 2.45) is 5.73 Å². The van der Waals surface area contributed by atoms with Crippen molar-refractivity contribution in [3.05, 3.63) is 17.5 Å². The molecule has 5 nitrogen and oxygen atoms in total. The minimum absolute atomic E-state index is 0.173. The van der Waals surface area contributed by atoms with Crippen molar-refractivity contribution < 1.29 is 8.42 Å². The molecule has 2 heterocycles. The minimum atomic E-state index is -2.91. The van der Waals surface area contributed by atoms with Crippen LogP contribution in [0.2, 0.25) is 0 Å². The van der Waals surface area contributed by atoms with Gasteiger partial charge in [0.1, 0.15) is 0 Å². The van der Waals surface area contributed by atoms with Crippen LogP contribution in [0, 0.1) is 6.92 Å². The molecule has 1 aromatic rings. The van der Waals surface area contributed by atoms with Crippen molar-refractivity contribution in [2.75, 3.05) is 11.5 Å². The standard InChI is InChI=1S/C10H17N3O2S/c1-8-9(5-11)6-12-13(8)10(2)3-4-16(14,15)7-10/h6H,3-5,7,11H2,1-2H3. The lowest BCUT2D eigenvalue weighted by Gasteiger charge is -2.24. The summed E-state index contributed by atoms with van der Waals surface area (Å²) in [6.45, 7) is 4.32. The van der Waals surface area contributed by atoms with Crippen LogP contribution in [0.25, 0.3) is 0 Å². The van der Waals surface area contributed by atoms with E-state index in [-0.39, 0.29) is 11.5 Å². The van der Waals surface area contributed by atoms with E-state index >= 15 is 0 Å². The third kappa shape index (κ3) is 1.76. The highest BCUT2D eigenvalue weighted by Crippen LogP contribution is 2.31. The van der Waals surface area contributed by atoms with Crippen molar-refractivity contribution in [3.8, 4) is 0 Å². The number of aromatic nitrogens is 2. The number of nitrogens with zero attached hydrogens (tertiary/aromatic N) is 2. The lowest BCUT2D eigenvalue weighted by atomic mass is 10.0. The Labute approximate surface area is 95.6 Å². The Morgan fingerprint density at radius 1 is 1.62 bits per heavy atom. The van der Waals surface area contributed by atoms with E-state index in [4.69, 9.17) is 5.73 Å². The van der Waals surface area contributed by atoms with Crippen LogP contribution in [-0.4, -0.2) is 29.7 Å². The molecule has 0 saturated carbocycles. The van der Waals surface area contributed by atoms with Gasteiger partial charge in [-0.2, -0.15) is 5.10 Å². The van der Waals surface area contributed by atoms with Gasteiger partial charge in [0.15, 0.2) is 9.84 Å². The Morgan fingerprint density at radius 2 is 2.31 bits per heavy atom. The topological polar surface area (TPSA) is 78.0 Å². The maximum absolute atomic E-state index is 11.5. The van der Waals surface area contributed by atoms with Gasteiger partial charge in [0.25, 0.3) is 0 Å². The van der Waals surface area contributed by atoms with E-state index < -0.39 is 15.4 Å². The van der Waals surface area contributed by atoms with Crippen LogP contribution in [0.1, 0.15) is 24.6 Å². The number of hydrogen-bond donors (Lipinski definition) is 1. The first-order valence-electron chi connectivity index (χ1n) is 5.32. The van der Waals surface area contributed by atoms with Gasteiger partial charge in [0.05, 0.1) is 23.2 Å². The van der Waals surface area contributed by atoms with Crippen LogP contribution >= 0.6 is 0 Å². The highest BCUT2D eigenvalue weighted by atomic mass is 32.2. The first-order chi connectivity index (χ1) is 7.38. The molecule has 0 aromatic carbocycles. The van der Waals surface area contributed by atoms with Gasteiger partial charge in [-0.05, 0) is 20.3 Å². The summed E-state index contributed by atoms with van der Waals surface area (Å²) in [5.41, 5.74) is 7.13. The second kappa shape index (κ2) is 3.56. The Morgan fingerprint density at radius 3 is 2.75 bits per heavy atom. The van der Waals surface area contributed by atoms with E-state index in [0.717, 1.165) is 11.3 Å². The molecule has 16 heavy (non-hydrogen) atoms. The minimum Gasteiger partial charge on any atom is -0.326 e. The van der Waals surface area contributed by atoms with Crippen LogP contribution < -0.4 is 5.73 Å². The molecule has 0 radical (unpaired) electrons. The summed E-state index contributed by atoms with van der Waals surface area (Å²) in [6, 6.07) is 0. The van der Waals surface area contributed by atoms with Gasteiger partial charge in [0, 0.05) is 17.8 Å². The average Bonchev–Trinajstić information content (AvgIpc) is 2.68. The zero-order valence-electron chi connectivity index (χ0n) is 9.60. The fourth-order valence-corrected chi connectivity index (χ4v) is 4.46. The zero-order chi connectivity index (χ0) is 12.0. The van der Waals surface area contributed by atoms with Crippen LogP contribution in [0.15, 0.2) is 6.20 Å². The fourth-order valence-electron chi connectivity index (χ4n) is 2.35. The number of nitrogens with two attached hydrogens (primary N) is 1. The SMILES string of the molecule is Cc1c(CN)cnn1C1(C)CCS(=O)(=O)C1. The van der Waals surface area contributed by atoms with E-state index in [2.05, 4.69) is 5.10 Å². The Kier molecular flexibility index (Phi) is 2.58. The van der Waals surface area contributed by atoms with Crippen LogP contribution in [0.4, 0.5) is 0 Å². The lowest BCUT2D eigenvalue weighted by Crippen LogP contribution is -2.33. The summed E-state index contributed by atoms with van der Waals surface area (Å²) < 4.78 is 24.9. The summed E-state index contributed by atoms with van der Waals surface area (Å²) in [4.78, 5) is 0. The molecule has 1 aliphatic heterocycles. The first-order valence-corrected chi connectivity index (χ1v) is 7.15. The van der Waals surface area contributed by atoms with Gasteiger partial charge in [-0.1, -0.05) is 0 Å². The van der Waals surface area contributed by atoms with Crippen molar-refractivity contribution in [2.45, 2.75) is 32.4 Å². The number of sulfone groups is 1. The first kappa shape index (κ1) is 11.6. The normalized spacial score (nSPS) is 28.4. The lowest BCUT2D eigenvalue weighted by molar-refractivity contribution is 0.321. The predicted octanol–water partition coefficient (Wildman–Crippen LogP) is 0.184. The molecular weight excluding hydrogens is 226 g/mol. The molecular formula is C10H17N3O2S. The molecule has 1 aliphatic rings. The van der Waals surface area contributed by atoms with Crippen LogP contribution in [-0.2, 0) is 21.9 Å². The molecule has 90 valence electrons. The maximum atomic E-state index is 11.5. The molecule has 1 fully saturated rings. The van der Waals surface area contributed by atoms with Gasteiger partial charge in [0.2, 0.25) is 0 Å². The van der Waals surface area contributed by atoms with Gasteiger partial charge in [-0.3, -0.25) is 4.68 Å². The predicted molar refractivity (Wildman–Crippen MR) is 61.8 cm³/mol. The molecule has 0 amide bonds. The molecule has 1 atom stereocenters. The van der Waals surface area contributed by atoms with Gasteiger partial charge >= 0.3 is 0 Å². The second-order valence-electron chi connectivity index (χ2n) is 4.71. The Hall–Kier alpha value is -0.880. The third-order valence-corrected chi connectivity index (χ3v) is 5.21. The van der Waals surface area contributed by atoms with E-state index in [1.54, 1.807) is 6.20 Å². The highest BCUT2D eigenvalue weighted by Gasteiger charge is 2.41. The van der Waals surface area contributed by atoms with E-state index in [9.17, 15) is 8.42 Å². The molecule has 2 N–H and O–H groups in total.